The molecule has 234 valence electrons. The Hall–Kier alpha value is -3.25. The van der Waals surface area contributed by atoms with Crippen molar-refractivity contribution in [1.29, 1.82) is 0 Å². The van der Waals surface area contributed by atoms with Crippen molar-refractivity contribution in [2.75, 3.05) is 26.2 Å². The second-order valence-corrected chi connectivity index (χ2v) is 12.7. The van der Waals surface area contributed by atoms with E-state index < -0.39 is 0 Å². The van der Waals surface area contributed by atoms with Gasteiger partial charge in [0.05, 0.1) is 17.7 Å². The molecular weight excluding hydrogens is 534 g/mol. The highest BCUT2D eigenvalue weighted by Crippen LogP contribution is 2.27. The van der Waals surface area contributed by atoms with Gasteiger partial charge in [0.2, 0.25) is 0 Å². The molecule has 2 atom stereocenters. The van der Waals surface area contributed by atoms with Crippen molar-refractivity contribution in [3.63, 3.8) is 0 Å². The molecular formula is C29H51N11O2. The van der Waals surface area contributed by atoms with Gasteiger partial charge in [-0.1, -0.05) is 0 Å². The third-order valence-electron chi connectivity index (χ3n) is 9.43. The monoisotopic (exact) mass is 585 g/mol. The van der Waals surface area contributed by atoms with E-state index in [1.165, 1.54) is 0 Å². The summed E-state index contributed by atoms with van der Waals surface area (Å²) < 4.78 is 0. The minimum atomic E-state index is -0.169. The van der Waals surface area contributed by atoms with Gasteiger partial charge in [-0.15, -0.1) is 0 Å². The highest BCUT2D eigenvalue weighted by Gasteiger charge is 2.33. The molecule has 10 N–H and O–H groups in total. The van der Waals surface area contributed by atoms with Crippen LogP contribution < -0.4 is 43.4 Å². The van der Waals surface area contributed by atoms with E-state index in [9.17, 15) is 9.59 Å². The molecule has 2 unspecified atom stereocenters. The lowest BCUT2D eigenvalue weighted by atomic mass is 9.84. The van der Waals surface area contributed by atoms with E-state index in [1.54, 1.807) is 0 Å². The summed E-state index contributed by atoms with van der Waals surface area (Å²) in [5.41, 5.74) is 11.4. The first kappa shape index (κ1) is 30.2. The number of hydrogen-bond acceptors (Lipinski definition) is 7. The molecule has 13 heteroatoms. The Morgan fingerprint density at radius 2 is 1.07 bits per heavy atom. The topological polar surface area (TPSA) is 195 Å². The molecule has 0 bridgehead atoms. The van der Waals surface area contributed by atoms with Crippen molar-refractivity contribution in [2.45, 2.75) is 114 Å². The van der Waals surface area contributed by atoms with Crippen LogP contribution in [-0.4, -0.2) is 86.1 Å². The number of carbonyl (C=O) groups excluding carboxylic acids is 2. The largest absolute Gasteiger partial charge is 0.374 e. The molecule has 2 aliphatic heterocycles. The van der Waals surface area contributed by atoms with E-state index in [2.05, 4.69) is 46.9 Å². The van der Waals surface area contributed by atoms with E-state index in [0.29, 0.717) is 31.1 Å². The maximum absolute atomic E-state index is 13.0. The van der Waals surface area contributed by atoms with Crippen LogP contribution in [0.2, 0.25) is 0 Å². The van der Waals surface area contributed by atoms with E-state index in [0.717, 1.165) is 102 Å². The van der Waals surface area contributed by atoms with Crippen molar-refractivity contribution >= 4 is 29.7 Å². The Morgan fingerprint density at radius 3 is 1.45 bits per heavy atom. The van der Waals surface area contributed by atoms with Crippen molar-refractivity contribution in [3.05, 3.63) is 0 Å². The Morgan fingerprint density at radius 1 is 0.643 bits per heavy atom. The predicted octanol–water partition coefficient (Wildman–Crippen LogP) is 1.05. The number of aliphatic imine (C=N–C) groups is 3. The number of carbonyl (C=O) groups is 2. The fraction of sp³-hybridized carbons (Fsp3) is 0.828. The summed E-state index contributed by atoms with van der Waals surface area (Å²) in [7, 11) is 0. The molecule has 2 heterocycles. The van der Waals surface area contributed by atoms with Gasteiger partial charge in [0.15, 0.2) is 5.96 Å². The fourth-order valence-electron chi connectivity index (χ4n) is 7.34. The molecule has 0 aromatic heterocycles. The number of urea groups is 2. The zero-order chi connectivity index (χ0) is 29.3. The standard InChI is InChI=1S/C29H51N11O2/c30-27(31)36-22-15-23(39-28(41)37-20-7-3-18(4-8-20)25-32-11-1-12-33-25)17-24(16-22)40-29(42)38-21-9-5-19(6-10-21)26-34-13-2-14-35-26/h18-24H,1-17H2,(H,32,33)(H,34,35)(H4,30,31,36)(H2,37,39,41)(H2,38,40,42). The van der Waals surface area contributed by atoms with Gasteiger partial charge in [-0.2, -0.15) is 0 Å². The highest BCUT2D eigenvalue weighted by atomic mass is 16.2. The molecule has 0 saturated heterocycles. The van der Waals surface area contributed by atoms with Gasteiger partial charge in [-0.25, -0.2) is 9.59 Å². The number of hydrogen-bond donors (Lipinski definition) is 8. The van der Waals surface area contributed by atoms with Gasteiger partial charge >= 0.3 is 12.1 Å². The first-order valence-corrected chi connectivity index (χ1v) is 16.2. The maximum Gasteiger partial charge on any atom is 0.315 e. The van der Waals surface area contributed by atoms with Crippen LogP contribution >= 0.6 is 0 Å². The molecule has 4 amide bonds. The summed E-state index contributed by atoms with van der Waals surface area (Å²) in [6.07, 6.45) is 12.0. The van der Waals surface area contributed by atoms with Gasteiger partial charge in [0, 0.05) is 62.2 Å². The lowest BCUT2D eigenvalue weighted by Crippen LogP contribution is -2.55. The van der Waals surface area contributed by atoms with Crippen LogP contribution in [0.1, 0.15) is 83.5 Å². The second-order valence-electron chi connectivity index (χ2n) is 12.7. The average Bonchev–Trinajstić information content (AvgIpc) is 2.98. The molecule has 3 saturated carbocycles. The minimum absolute atomic E-state index is 0.0240. The van der Waals surface area contributed by atoms with Gasteiger partial charge in [-0.05, 0) is 83.5 Å². The summed E-state index contributed by atoms with van der Waals surface area (Å²) in [5.74, 6) is 3.27. The van der Waals surface area contributed by atoms with E-state index in [-0.39, 0.29) is 48.2 Å². The molecule has 5 aliphatic rings. The molecule has 5 rings (SSSR count). The Labute approximate surface area is 249 Å². The quantitative estimate of drug-likeness (QED) is 0.162. The molecule has 0 radical (unpaired) electrons. The normalized spacial score (nSPS) is 33.4. The zero-order valence-electron chi connectivity index (χ0n) is 24.9. The summed E-state index contributed by atoms with van der Waals surface area (Å²) in [5, 5.41) is 19.5. The van der Waals surface area contributed by atoms with E-state index in [4.69, 9.17) is 11.5 Å². The third-order valence-corrected chi connectivity index (χ3v) is 9.43. The fourth-order valence-corrected chi connectivity index (χ4v) is 7.34. The highest BCUT2D eigenvalue weighted by molar-refractivity contribution is 5.85. The maximum atomic E-state index is 13.0. The van der Waals surface area contributed by atoms with Crippen LogP contribution in [0.25, 0.3) is 0 Å². The summed E-state index contributed by atoms with van der Waals surface area (Å²) in [4.78, 5) is 39.6. The smallest absolute Gasteiger partial charge is 0.315 e. The Balaban J connectivity index is 1.06. The van der Waals surface area contributed by atoms with Gasteiger partial charge in [0.25, 0.3) is 0 Å². The number of amides is 4. The molecule has 0 aromatic carbocycles. The number of amidine groups is 2. The van der Waals surface area contributed by atoms with Crippen molar-refractivity contribution < 1.29 is 9.59 Å². The lowest BCUT2D eigenvalue weighted by Gasteiger charge is -2.36. The zero-order valence-corrected chi connectivity index (χ0v) is 24.9. The Kier molecular flexibility index (Phi) is 10.6. The third kappa shape index (κ3) is 8.87. The van der Waals surface area contributed by atoms with Crippen molar-refractivity contribution in [3.8, 4) is 0 Å². The summed E-state index contributed by atoms with van der Waals surface area (Å²) >= 11 is 0. The molecule has 3 fully saturated rings. The van der Waals surface area contributed by atoms with Crippen LogP contribution in [-0.2, 0) is 0 Å². The predicted molar refractivity (Wildman–Crippen MR) is 166 cm³/mol. The molecule has 3 aliphatic carbocycles. The molecule has 42 heavy (non-hydrogen) atoms. The lowest BCUT2D eigenvalue weighted by molar-refractivity contribution is 0.209. The number of rotatable bonds is 7. The van der Waals surface area contributed by atoms with Crippen LogP contribution in [0.3, 0.4) is 0 Å². The molecule has 0 spiro atoms. The summed E-state index contributed by atoms with van der Waals surface area (Å²) in [6.45, 7) is 3.85. The second kappa shape index (κ2) is 14.8. The van der Waals surface area contributed by atoms with E-state index >= 15 is 0 Å². The number of nitrogens with one attached hydrogen (secondary N) is 6. The van der Waals surface area contributed by atoms with Crippen LogP contribution in [0.4, 0.5) is 9.59 Å². The number of nitrogens with two attached hydrogens (primary N) is 2. The molecule has 13 nitrogen and oxygen atoms in total. The van der Waals surface area contributed by atoms with Crippen LogP contribution in [0.5, 0.6) is 0 Å². The minimum Gasteiger partial charge on any atom is -0.374 e. The van der Waals surface area contributed by atoms with Gasteiger partial charge in [-0.3, -0.25) is 15.0 Å². The van der Waals surface area contributed by atoms with Gasteiger partial charge in [0.1, 0.15) is 0 Å². The summed E-state index contributed by atoms with van der Waals surface area (Å²) in [6, 6.07) is -0.491. The van der Waals surface area contributed by atoms with Gasteiger partial charge < -0.3 is 43.4 Å². The first-order chi connectivity index (χ1) is 20.4. The van der Waals surface area contributed by atoms with Crippen LogP contribution in [0, 0.1) is 11.8 Å². The van der Waals surface area contributed by atoms with Crippen molar-refractivity contribution in [1.82, 2.24) is 31.9 Å². The number of guanidine groups is 1. The average molecular weight is 586 g/mol. The van der Waals surface area contributed by atoms with Crippen LogP contribution in [0.15, 0.2) is 15.0 Å². The first-order valence-electron chi connectivity index (χ1n) is 16.2. The van der Waals surface area contributed by atoms with E-state index in [1.807, 2.05) is 0 Å². The molecule has 0 aromatic rings. The Bertz CT molecular complexity index is 941. The SMILES string of the molecule is NC(N)=NC1CC(NC(=O)NC2CCC(C3=NCCCN3)CC2)CC(NC(=O)NC2CCC(C3=NCCCN3)CC2)C1. The van der Waals surface area contributed by atoms with Crippen molar-refractivity contribution in [2.24, 2.45) is 38.3 Å². The number of nitrogens with zero attached hydrogens (tertiary/aromatic N) is 3.